The maximum absolute atomic E-state index is 12.4. The van der Waals surface area contributed by atoms with Crippen LogP contribution in [-0.2, 0) is 34.1 Å². The number of sulfonamides is 1. The van der Waals surface area contributed by atoms with Crippen molar-refractivity contribution in [3.8, 4) is 0 Å². The number of benzene rings is 2. The molecule has 2 aromatic carbocycles. The van der Waals surface area contributed by atoms with Gasteiger partial charge in [0, 0.05) is 5.69 Å². The number of hydrogen-bond donors (Lipinski definition) is 2. The van der Waals surface area contributed by atoms with Crippen LogP contribution in [0.15, 0.2) is 47.4 Å². The molecule has 0 heterocycles. The molecule has 0 unspecified atom stereocenters. The van der Waals surface area contributed by atoms with Crippen molar-refractivity contribution in [1.82, 2.24) is 4.72 Å². The van der Waals surface area contributed by atoms with Gasteiger partial charge in [0.05, 0.1) is 11.4 Å². The van der Waals surface area contributed by atoms with Crippen LogP contribution >= 0.6 is 0 Å². The van der Waals surface area contributed by atoms with Crippen molar-refractivity contribution in [3.05, 3.63) is 59.2 Å². The lowest BCUT2D eigenvalue weighted by Crippen LogP contribution is -2.33. The van der Waals surface area contributed by atoms with Gasteiger partial charge in [-0.1, -0.05) is 31.2 Å². The van der Waals surface area contributed by atoms with E-state index in [1.165, 1.54) is 5.56 Å². The maximum Gasteiger partial charge on any atom is 0.241 e. The summed E-state index contributed by atoms with van der Waals surface area (Å²) in [4.78, 5) is 12.3. The van der Waals surface area contributed by atoms with E-state index in [0.717, 1.165) is 36.8 Å². The lowest BCUT2D eigenvalue weighted by molar-refractivity contribution is -0.115. The van der Waals surface area contributed by atoms with Crippen molar-refractivity contribution in [2.75, 3.05) is 11.9 Å². The summed E-state index contributed by atoms with van der Waals surface area (Å²) in [6.07, 6.45) is 3.76. The summed E-state index contributed by atoms with van der Waals surface area (Å²) in [5.41, 5.74) is 4.03. The Morgan fingerprint density at radius 3 is 2.64 bits per heavy atom. The normalized spacial score (nSPS) is 13.5. The summed E-state index contributed by atoms with van der Waals surface area (Å²) in [5, 5.41) is 2.76. The number of carbonyl (C=O) groups is 1. The van der Waals surface area contributed by atoms with Crippen LogP contribution in [0, 0.1) is 0 Å². The number of carbonyl (C=O) groups excluding carboxylic acids is 1. The highest BCUT2D eigenvalue weighted by Crippen LogP contribution is 2.24. The topological polar surface area (TPSA) is 75.3 Å². The number of para-hydroxylation sites is 1. The smallest absolute Gasteiger partial charge is 0.241 e. The zero-order valence-electron chi connectivity index (χ0n) is 14.2. The summed E-state index contributed by atoms with van der Waals surface area (Å²) >= 11 is 0. The van der Waals surface area contributed by atoms with Gasteiger partial charge in [0.25, 0.3) is 0 Å². The largest absolute Gasteiger partial charge is 0.325 e. The summed E-state index contributed by atoms with van der Waals surface area (Å²) in [6, 6.07) is 12.7. The second-order valence-corrected chi connectivity index (χ2v) is 7.93. The van der Waals surface area contributed by atoms with Crippen LogP contribution in [0.2, 0.25) is 0 Å². The van der Waals surface area contributed by atoms with Crippen molar-refractivity contribution in [3.63, 3.8) is 0 Å². The van der Waals surface area contributed by atoms with Crippen LogP contribution in [0.4, 0.5) is 5.69 Å². The van der Waals surface area contributed by atoms with Gasteiger partial charge in [-0.15, -0.1) is 0 Å². The molecule has 0 atom stereocenters. The predicted octanol–water partition coefficient (Wildman–Crippen LogP) is 2.65. The van der Waals surface area contributed by atoms with Crippen LogP contribution in [0.5, 0.6) is 0 Å². The first-order valence-corrected chi connectivity index (χ1v) is 9.97. The van der Waals surface area contributed by atoms with Gasteiger partial charge >= 0.3 is 0 Å². The van der Waals surface area contributed by atoms with Crippen molar-refractivity contribution in [1.29, 1.82) is 0 Å². The Bertz CT molecular complexity index is 891. The first-order chi connectivity index (χ1) is 12.0. The Balaban J connectivity index is 1.65. The standard InChI is InChI=1S/C19H22N2O3S/c1-2-14-6-3-4-9-18(14)21-19(22)13-20-25(23,24)17-11-10-15-7-5-8-16(15)12-17/h3-4,6,9-12,20H,2,5,7-8,13H2,1H3,(H,21,22). The number of rotatable bonds is 6. The van der Waals surface area contributed by atoms with E-state index in [4.69, 9.17) is 0 Å². The molecule has 3 rings (SSSR count). The van der Waals surface area contributed by atoms with Crippen molar-refractivity contribution >= 4 is 21.6 Å². The first kappa shape index (κ1) is 17.6. The van der Waals surface area contributed by atoms with E-state index in [1.54, 1.807) is 12.1 Å². The SMILES string of the molecule is CCc1ccccc1NC(=O)CNS(=O)(=O)c1ccc2c(c1)CCC2. The Morgan fingerprint density at radius 2 is 1.84 bits per heavy atom. The minimum absolute atomic E-state index is 0.218. The fraction of sp³-hybridized carbons (Fsp3) is 0.316. The van der Waals surface area contributed by atoms with E-state index in [2.05, 4.69) is 10.0 Å². The molecule has 1 amide bonds. The highest BCUT2D eigenvalue weighted by atomic mass is 32.2. The third-order valence-corrected chi connectivity index (χ3v) is 5.87. The number of fused-ring (bicyclic) bond motifs is 1. The summed E-state index contributed by atoms with van der Waals surface area (Å²) in [6.45, 7) is 1.71. The molecule has 0 saturated heterocycles. The lowest BCUT2D eigenvalue weighted by atomic mass is 10.1. The molecular formula is C19H22N2O3S. The Labute approximate surface area is 148 Å². The molecule has 25 heavy (non-hydrogen) atoms. The van der Waals surface area contributed by atoms with Crippen molar-refractivity contribution < 1.29 is 13.2 Å². The monoisotopic (exact) mass is 358 g/mol. The van der Waals surface area contributed by atoms with Gasteiger partial charge in [-0.05, 0) is 60.6 Å². The molecular weight excluding hydrogens is 336 g/mol. The summed E-state index contributed by atoms with van der Waals surface area (Å²) in [7, 11) is -3.70. The zero-order valence-corrected chi connectivity index (χ0v) is 15.0. The Morgan fingerprint density at radius 1 is 1.08 bits per heavy atom. The summed E-state index contributed by atoms with van der Waals surface area (Å²) < 4.78 is 27.2. The maximum atomic E-state index is 12.4. The zero-order chi connectivity index (χ0) is 17.9. The third kappa shape index (κ3) is 4.08. The average molecular weight is 358 g/mol. The van der Waals surface area contributed by atoms with Crippen LogP contribution in [-0.4, -0.2) is 20.9 Å². The molecule has 0 bridgehead atoms. The van der Waals surface area contributed by atoms with Gasteiger partial charge < -0.3 is 5.32 Å². The van der Waals surface area contributed by atoms with Crippen LogP contribution < -0.4 is 10.0 Å². The fourth-order valence-corrected chi connectivity index (χ4v) is 4.14. The number of nitrogens with one attached hydrogen (secondary N) is 2. The number of amides is 1. The summed E-state index contributed by atoms with van der Waals surface area (Å²) in [5.74, 6) is -0.384. The Hall–Kier alpha value is -2.18. The van der Waals surface area contributed by atoms with Gasteiger partial charge in [-0.25, -0.2) is 13.1 Å². The molecule has 6 heteroatoms. The quantitative estimate of drug-likeness (QED) is 0.834. The molecule has 0 aliphatic heterocycles. The molecule has 0 radical (unpaired) electrons. The van der Waals surface area contributed by atoms with Gasteiger partial charge in [0.2, 0.25) is 15.9 Å². The van der Waals surface area contributed by atoms with Crippen molar-refractivity contribution in [2.24, 2.45) is 0 Å². The molecule has 0 fully saturated rings. The molecule has 2 N–H and O–H groups in total. The number of hydrogen-bond acceptors (Lipinski definition) is 3. The van der Waals surface area contributed by atoms with Gasteiger partial charge in [0.15, 0.2) is 0 Å². The van der Waals surface area contributed by atoms with Gasteiger partial charge in [-0.3, -0.25) is 4.79 Å². The van der Waals surface area contributed by atoms with E-state index in [9.17, 15) is 13.2 Å². The second-order valence-electron chi connectivity index (χ2n) is 6.17. The molecule has 1 aliphatic carbocycles. The molecule has 0 saturated carbocycles. The highest BCUT2D eigenvalue weighted by Gasteiger charge is 2.19. The molecule has 2 aromatic rings. The van der Waals surface area contributed by atoms with Crippen LogP contribution in [0.3, 0.4) is 0 Å². The van der Waals surface area contributed by atoms with E-state index >= 15 is 0 Å². The average Bonchev–Trinajstić information content (AvgIpc) is 3.08. The molecule has 0 spiro atoms. The minimum Gasteiger partial charge on any atom is -0.325 e. The highest BCUT2D eigenvalue weighted by molar-refractivity contribution is 7.89. The molecule has 132 valence electrons. The van der Waals surface area contributed by atoms with Gasteiger partial charge in [-0.2, -0.15) is 0 Å². The molecule has 0 aromatic heterocycles. The third-order valence-electron chi connectivity index (χ3n) is 4.48. The van der Waals surface area contributed by atoms with E-state index in [0.29, 0.717) is 5.69 Å². The first-order valence-electron chi connectivity index (χ1n) is 8.49. The van der Waals surface area contributed by atoms with E-state index < -0.39 is 10.0 Å². The predicted molar refractivity (Wildman–Crippen MR) is 98.1 cm³/mol. The number of anilines is 1. The molecule has 5 nitrogen and oxygen atoms in total. The minimum atomic E-state index is -3.70. The second kappa shape index (κ2) is 7.37. The van der Waals surface area contributed by atoms with Crippen LogP contribution in [0.25, 0.3) is 0 Å². The lowest BCUT2D eigenvalue weighted by Gasteiger charge is -2.11. The molecule has 1 aliphatic rings. The fourth-order valence-electron chi connectivity index (χ4n) is 3.10. The van der Waals surface area contributed by atoms with Crippen LogP contribution in [0.1, 0.15) is 30.0 Å². The number of aryl methyl sites for hydroxylation is 3. The Kier molecular flexibility index (Phi) is 5.20. The van der Waals surface area contributed by atoms with Gasteiger partial charge in [0.1, 0.15) is 0 Å². The van der Waals surface area contributed by atoms with E-state index in [1.807, 2.05) is 37.3 Å². The van der Waals surface area contributed by atoms with Crippen molar-refractivity contribution in [2.45, 2.75) is 37.5 Å². The van der Waals surface area contributed by atoms with E-state index in [-0.39, 0.29) is 17.3 Å².